The van der Waals surface area contributed by atoms with E-state index in [0.29, 0.717) is 0 Å². The van der Waals surface area contributed by atoms with Crippen molar-refractivity contribution in [2.24, 2.45) is 28.3 Å². The summed E-state index contributed by atoms with van der Waals surface area (Å²) in [5, 5.41) is 6.17. The molecule has 1 aromatic heterocycles. The number of hydrogen-bond donors (Lipinski definition) is 1. The summed E-state index contributed by atoms with van der Waals surface area (Å²) in [6, 6.07) is 4.00. The third-order valence-electron chi connectivity index (χ3n) is 5.42. The number of hydrogen-bond acceptors (Lipinski definition) is 3. The molecule has 1 aromatic rings. The number of hydrazone groups is 1. The van der Waals surface area contributed by atoms with Crippen LogP contribution in [0.1, 0.15) is 43.4 Å². The topological polar surface area (TPSA) is 41.5 Å². The lowest BCUT2D eigenvalue weighted by Crippen LogP contribution is -2.52. The van der Waals surface area contributed by atoms with Crippen LogP contribution < -0.4 is 5.43 Å². The Morgan fingerprint density at radius 3 is 2.45 bits per heavy atom. The summed E-state index contributed by atoms with van der Waals surface area (Å²) >= 11 is 1.63. The molecule has 0 saturated heterocycles. The zero-order chi connectivity index (χ0) is 13.6. The Hall–Kier alpha value is -1.16. The number of thiophene rings is 1. The predicted octanol–water partition coefficient (Wildman–Crippen LogP) is 3.41. The molecule has 1 heterocycles. The molecule has 0 atom stereocenters. The van der Waals surface area contributed by atoms with Gasteiger partial charge in [-0.3, -0.25) is 4.79 Å². The van der Waals surface area contributed by atoms with Crippen molar-refractivity contribution < 1.29 is 4.79 Å². The maximum atomic E-state index is 12.6. The Bertz CT molecular complexity index is 499. The van der Waals surface area contributed by atoms with Crippen LogP contribution in [0.15, 0.2) is 22.6 Å². The van der Waals surface area contributed by atoms with E-state index in [4.69, 9.17) is 0 Å². The van der Waals surface area contributed by atoms with Gasteiger partial charge in [-0.1, -0.05) is 6.07 Å². The van der Waals surface area contributed by atoms with Crippen LogP contribution >= 0.6 is 11.3 Å². The van der Waals surface area contributed by atoms with Gasteiger partial charge in [0.05, 0.1) is 11.6 Å². The molecular formula is C16H20N2OS. The highest BCUT2D eigenvalue weighted by atomic mass is 32.1. The molecule has 1 N–H and O–H groups in total. The maximum Gasteiger partial charge on any atom is 0.246 e. The molecule has 4 fully saturated rings. The van der Waals surface area contributed by atoms with Crippen LogP contribution in [0.3, 0.4) is 0 Å². The summed E-state index contributed by atoms with van der Waals surface area (Å²) in [6.07, 6.45) is 9.14. The van der Waals surface area contributed by atoms with Gasteiger partial charge in [-0.25, -0.2) is 5.43 Å². The van der Waals surface area contributed by atoms with Crippen molar-refractivity contribution >= 4 is 23.5 Å². The Labute approximate surface area is 123 Å². The third kappa shape index (κ3) is 2.10. The van der Waals surface area contributed by atoms with Crippen molar-refractivity contribution in [1.29, 1.82) is 0 Å². The summed E-state index contributed by atoms with van der Waals surface area (Å²) < 4.78 is 0. The summed E-state index contributed by atoms with van der Waals surface area (Å²) in [7, 11) is 0. The van der Waals surface area contributed by atoms with E-state index < -0.39 is 0 Å². The van der Waals surface area contributed by atoms with Crippen molar-refractivity contribution in [3.63, 3.8) is 0 Å². The van der Waals surface area contributed by atoms with Crippen LogP contribution in [0.25, 0.3) is 0 Å². The van der Waals surface area contributed by atoms with Crippen molar-refractivity contribution in [3.05, 3.63) is 22.4 Å². The number of carbonyl (C=O) groups excluding carboxylic acids is 1. The fourth-order valence-electron chi connectivity index (χ4n) is 5.03. The highest BCUT2D eigenvalue weighted by molar-refractivity contribution is 7.11. The first-order valence-corrected chi connectivity index (χ1v) is 8.48. The molecule has 4 saturated carbocycles. The SMILES string of the molecule is O=C(N/N=C\c1cccs1)C12CC3CC(CC(C3)C1)C2. The fraction of sp³-hybridized carbons (Fsp3) is 0.625. The predicted molar refractivity (Wildman–Crippen MR) is 80.7 cm³/mol. The van der Waals surface area contributed by atoms with Gasteiger partial charge in [0.25, 0.3) is 0 Å². The Kier molecular flexibility index (Phi) is 2.95. The lowest BCUT2D eigenvalue weighted by atomic mass is 9.49. The second-order valence-corrected chi connectivity index (χ2v) is 7.89. The first-order chi connectivity index (χ1) is 9.73. The number of nitrogens with zero attached hydrogens (tertiary/aromatic N) is 1. The molecule has 106 valence electrons. The molecule has 0 unspecified atom stereocenters. The van der Waals surface area contributed by atoms with Gasteiger partial charge in [-0.05, 0) is 67.7 Å². The number of carbonyl (C=O) groups is 1. The largest absolute Gasteiger partial charge is 0.273 e. The summed E-state index contributed by atoms with van der Waals surface area (Å²) in [5.41, 5.74) is 2.72. The molecule has 4 aliphatic carbocycles. The lowest BCUT2D eigenvalue weighted by Gasteiger charge is -2.55. The second kappa shape index (κ2) is 4.69. The monoisotopic (exact) mass is 288 g/mol. The Morgan fingerprint density at radius 2 is 1.90 bits per heavy atom. The van der Waals surface area contributed by atoms with E-state index >= 15 is 0 Å². The first kappa shape index (κ1) is 12.6. The normalized spacial score (nSPS) is 38.5. The van der Waals surface area contributed by atoms with Crippen molar-refractivity contribution in [2.45, 2.75) is 38.5 Å². The molecule has 0 aliphatic heterocycles. The van der Waals surface area contributed by atoms with Crippen molar-refractivity contribution in [2.75, 3.05) is 0 Å². The molecule has 0 radical (unpaired) electrons. The van der Waals surface area contributed by atoms with Gasteiger partial charge in [-0.15, -0.1) is 11.3 Å². The maximum absolute atomic E-state index is 12.6. The summed E-state index contributed by atoms with van der Waals surface area (Å²) in [5.74, 6) is 2.57. The van der Waals surface area contributed by atoms with Crippen LogP contribution in [0, 0.1) is 23.2 Å². The Balaban J connectivity index is 1.45. The quantitative estimate of drug-likeness (QED) is 0.672. The average molecular weight is 288 g/mol. The lowest BCUT2D eigenvalue weighted by molar-refractivity contribution is -0.146. The van der Waals surface area contributed by atoms with Crippen molar-refractivity contribution in [3.8, 4) is 0 Å². The minimum atomic E-state index is -0.0957. The van der Waals surface area contributed by atoms with E-state index in [1.165, 1.54) is 19.3 Å². The minimum absolute atomic E-state index is 0.0957. The molecule has 4 aliphatic rings. The zero-order valence-electron chi connectivity index (χ0n) is 11.5. The van der Waals surface area contributed by atoms with Crippen molar-refractivity contribution in [1.82, 2.24) is 5.43 Å². The second-order valence-electron chi connectivity index (χ2n) is 6.91. The molecule has 0 aromatic carbocycles. The standard InChI is InChI=1S/C16H20N2OS/c19-15(18-17-10-14-2-1-3-20-14)16-7-11-4-12(8-16)6-13(5-11)9-16/h1-3,10-13H,4-9H2,(H,18,19)/b17-10-. The summed E-state index contributed by atoms with van der Waals surface area (Å²) in [6.45, 7) is 0. The van der Waals surface area contributed by atoms with Gasteiger partial charge in [-0.2, -0.15) is 5.10 Å². The van der Waals surface area contributed by atoms with Crippen LogP contribution in [0.2, 0.25) is 0 Å². The van der Waals surface area contributed by atoms with Crippen LogP contribution in [0.4, 0.5) is 0 Å². The average Bonchev–Trinajstić information content (AvgIpc) is 2.90. The van der Waals surface area contributed by atoms with Crippen LogP contribution in [-0.4, -0.2) is 12.1 Å². The molecule has 20 heavy (non-hydrogen) atoms. The van der Waals surface area contributed by atoms with E-state index in [1.54, 1.807) is 17.6 Å². The molecule has 0 spiro atoms. The van der Waals surface area contributed by atoms with Gasteiger partial charge in [0.15, 0.2) is 0 Å². The summed E-state index contributed by atoms with van der Waals surface area (Å²) in [4.78, 5) is 13.7. The minimum Gasteiger partial charge on any atom is -0.273 e. The smallest absolute Gasteiger partial charge is 0.246 e. The number of rotatable bonds is 3. The molecular weight excluding hydrogens is 268 g/mol. The first-order valence-electron chi connectivity index (χ1n) is 7.60. The van der Waals surface area contributed by atoms with Gasteiger partial charge >= 0.3 is 0 Å². The highest BCUT2D eigenvalue weighted by Gasteiger charge is 2.54. The van der Waals surface area contributed by atoms with Crippen LogP contribution in [-0.2, 0) is 4.79 Å². The van der Waals surface area contributed by atoms with Gasteiger partial charge in [0.2, 0.25) is 5.91 Å². The van der Waals surface area contributed by atoms with Gasteiger partial charge < -0.3 is 0 Å². The van der Waals surface area contributed by atoms with E-state index in [2.05, 4.69) is 10.5 Å². The van der Waals surface area contributed by atoms with Gasteiger partial charge in [0.1, 0.15) is 0 Å². The van der Waals surface area contributed by atoms with E-state index in [0.717, 1.165) is 41.9 Å². The molecule has 4 heteroatoms. The fourth-order valence-corrected chi connectivity index (χ4v) is 5.61. The molecule has 4 bridgehead atoms. The number of nitrogens with one attached hydrogen (secondary N) is 1. The Morgan fingerprint density at radius 1 is 1.25 bits per heavy atom. The van der Waals surface area contributed by atoms with E-state index in [1.807, 2.05) is 17.5 Å². The molecule has 3 nitrogen and oxygen atoms in total. The molecule has 1 amide bonds. The third-order valence-corrected chi connectivity index (χ3v) is 6.23. The number of amides is 1. The highest BCUT2D eigenvalue weighted by Crippen LogP contribution is 2.60. The van der Waals surface area contributed by atoms with Crippen LogP contribution in [0.5, 0.6) is 0 Å². The van der Waals surface area contributed by atoms with Gasteiger partial charge in [0, 0.05) is 4.88 Å². The zero-order valence-corrected chi connectivity index (χ0v) is 12.4. The van der Waals surface area contributed by atoms with E-state index in [-0.39, 0.29) is 11.3 Å². The van der Waals surface area contributed by atoms with E-state index in [9.17, 15) is 4.79 Å². The molecule has 5 rings (SSSR count).